The molecule has 4 N–H and O–H groups in total. The van der Waals surface area contributed by atoms with Crippen molar-refractivity contribution >= 4 is 0 Å². The van der Waals surface area contributed by atoms with E-state index in [2.05, 4.69) is 20.8 Å². The molecule has 0 bridgehead atoms. The van der Waals surface area contributed by atoms with E-state index in [1.54, 1.807) is 0 Å². The molecule has 2 heteroatoms. The van der Waals surface area contributed by atoms with Crippen molar-refractivity contribution in [1.82, 2.24) is 0 Å². The molecule has 2 nitrogen and oxygen atoms in total. The highest BCUT2D eigenvalue weighted by atomic mass is 14.9. The van der Waals surface area contributed by atoms with Crippen LogP contribution in [0.3, 0.4) is 0 Å². The van der Waals surface area contributed by atoms with Gasteiger partial charge in [0.1, 0.15) is 0 Å². The monoisotopic (exact) mass is 158 g/mol. The smallest absolute Gasteiger partial charge is 0.0351 e. The summed E-state index contributed by atoms with van der Waals surface area (Å²) in [6, 6.07) is 0. The van der Waals surface area contributed by atoms with E-state index in [4.69, 9.17) is 11.5 Å². The van der Waals surface area contributed by atoms with Gasteiger partial charge < -0.3 is 11.5 Å². The van der Waals surface area contributed by atoms with Gasteiger partial charge in [-0.05, 0) is 26.2 Å². The van der Waals surface area contributed by atoms with Crippen molar-refractivity contribution in [3.05, 3.63) is 0 Å². The van der Waals surface area contributed by atoms with Gasteiger partial charge in [-0.2, -0.15) is 0 Å². The van der Waals surface area contributed by atoms with Gasteiger partial charge in [0.25, 0.3) is 0 Å². The van der Waals surface area contributed by atoms with E-state index in [1.807, 2.05) is 20.8 Å². The minimum Gasteiger partial charge on any atom is -0.324 e. The molecule has 0 aliphatic carbocycles. The van der Waals surface area contributed by atoms with Crippen molar-refractivity contribution in [2.24, 2.45) is 16.9 Å². The van der Waals surface area contributed by atoms with Crippen LogP contribution in [0.5, 0.6) is 0 Å². The van der Waals surface area contributed by atoms with E-state index >= 15 is 0 Å². The fourth-order valence-corrected chi connectivity index (χ4v) is 0.967. The van der Waals surface area contributed by atoms with Crippen molar-refractivity contribution in [3.63, 3.8) is 0 Å². The Morgan fingerprint density at radius 1 is 0.727 bits per heavy atom. The highest BCUT2D eigenvalue weighted by Crippen LogP contribution is 2.34. The Kier molecular flexibility index (Phi) is 2.44. The summed E-state index contributed by atoms with van der Waals surface area (Å²) in [5.41, 5.74) is 11.5. The van der Waals surface area contributed by atoms with Gasteiger partial charge in [0.15, 0.2) is 0 Å². The van der Waals surface area contributed by atoms with Crippen LogP contribution in [0.1, 0.15) is 41.5 Å². The average Bonchev–Trinajstić information content (AvgIpc) is 1.58. The lowest BCUT2D eigenvalue weighted by molar-refractivity contribution is 0.124. The van der Waals surface area contributed by atoms with E-state index in [9.17, 15) is 0 Å². The first kappa shape index (κ1) is 10.9. The summed E-state index contributed by atoms with van der Waals surface area (Å²) < 4.78 is 0. The van der Waals surface area contributed by atoms with E-state index in [1.165, 1.54) is 0 Å². The second-order valence-electron chi connectivity index (χ2n) is 5.17. The standard InChI is InChI=1S/C9H22N2/c1-7(2,3)9(6,11)8(4,5)10/h10-11H2,1-6H3. The maximum Gasteiger partial charge on any atom is 0.0351 e. The predicted molar refractivity (Wildman–Crippen MR) is 50.3 cm³/mol. The molecule has 0 heterocycles. The summed E-state index contributed by atoms with van der Waals surface area (Å²) in [6.07, 6.45) is 0. The highest BCUT2D eigenvalue weighted by molar-refractivity contribution is 5.05. The van der Waals surface area contributed by atoms with Crippen LogP contribution < -0.4 is 11.5 Å². The molecule has 0 saturated heterocycles. The molecule has 0 radical (unpaired) electrons. The zero-order valence-electron chi connectivity index (χ0n) is 8.65. The minimum absolute atomic E-state index is 0.0330. The van der Waals surface area contributed by atoms with Gasteiger partial charge >= 0.3 is 0 Å². The third-order valence-corrected chi connectivity index (χ3v) is 2.90. The quantitative estimate of drug-likeness (QED) is 0.607. The SMILES string of the molecule is CC(C)(C)C(C)(N)C(C)(C)N. The summed E-state index contributed by atoms with van der Waals surface area (Å²) in [5, 5.41) is 0. The first-order chi connectivity index (χ1) is 4.50. The Labute approximate surface area is 70.3 Å². The Hall–Kier alpha value is -0.0800. The normalized spacial score (nSPS) is 19.6. The topological polar surface area (TPSA) is 52.0 Å². The van der Waals surface area contributed by atoms with Gasteiger partial charge in [-0.3, -0.25) is 0 Å². The van der Waals surface area contributed by atoms with Crippen LogP contribution >= 0.6 is 0 Å². The summed E-state index contributed by atoms with van der Waals surface area (Å²) in [6.45, 7) is 12.3. The van der Waals surface area contributed by atoms with Crippen LogP contribution in [0.25, 0.3) is 0 Å². The van der Waals surface area contributed by atoms with Gasteiger partial charge in [-0.15, -0.1) is 0 Å². The first-order valence-corrected chi connectivity index (χ1v) is 4.08. The van der Waals surface area contributed by atoms with Gasteiger partial charge in [0.2, 0.25) is 0 Å². The third-order valence-electron chi connectivity index (χ3n) is 2.90. The van der Waals surface area contributed by atoms with Crippen LogP contribution in [0, 0.1) is 5.41 Å². The van der Waals surface area contributed by atoms with E-state index in [0.717, 1.165) is 0 Å². The molecule has 0 saturated carbocycles. The Balaban J connectivity index is 4.75. The third kappa shape index (κ3) is 1.94. The molecule has 1 unspecified atom stereocenters. The van der Waals surface area contributed by atoms with Crippen LogP contribution in [0.4, 0.5) is 0 Å². The molecule has 0 amide bonds. The van der Waals surface area contributed by atoms with Gasteiger partial charge in [0, 0.05) is 11.1 Å². The first-order valence-electron chi connectivity index (χ1n) is 4.08. The van der Waals surface area contributed by atoms with Crippen molar-refractivity contribution in [2.75, 3.05) is 0 Å². The van der Waals surface area contributed by atoms with Crippen LogP contribution in [0.2, 0.25) is 0 Å². The summed E-state index contributed by atoms with van der Waals surface area (Å²) in [7, 11) is 0. The minimum atomic E-state index is -0.347. The summed E-state index contributed by atoms with van der Waals surface area (Å²) >= 11 is 0. The molecule has 11 heavy (non-hydrogen) atoms. The molecule has 0 aromatic heterocycles. The van der Waals surface area contributed by atoms with Gasteiger partial charge in [-0.25, -0.2) is 0 Å². The van der Waals surface area contributed by atoms with E-state index in [-0.39, 0.29) is 16.5 Å². The Bertz CT molecular complexity index is 119. The zero-order valence-corrected chi connectivity index (χ0v) is 8.65. The lowest BCUT2D eigenvalue weighted by Crippen LogP contribution is -2.67. The maximum atomic E-state index is 6.15. The van der Waals surface area contributed by atoms with Crippen molar-refractivity contribution in [1.29, 1.82) is 0 Å². The molecule has 0 rings (SSSR count). The van der Waals surface area contributed by atoms with Crippen LogP contribution in [-0.2, 0) is 0 Å². The fraction of sp³-hybridized carbons (Fsp3) is 1.00. The van der Waals surface area contributed by atoms with Crippen molar-refractivity contribution < 1.29 is 0 Å². The Morgan fingerprint density at radius 3 is 1.00 bits per heavy atom. The van der Waals surface area contributed by atoms with Crippen LogP contribution in [0.15, 0.2) is 0 Å². The zero-order chi connectivity index (χ0) is 9.50. The predicted octanol–water partition coefficient (Wildman–Crippen LogP) is 1.49. The van der Waals surface area contributed by atoms with Crippen LogP contribution in [-0.4, -0.2) is 11.1 Å². The van der Waals surface area contributed by atoms with E-state index < -0.39 is 0 Å². The van der Waals surface area contributed by atoms with Gasteiger partial charge in [0.05, 0.1) is 0 Å². The number of hydrogen-bond donors (Lipinski definition) is 2. The number of nitrogens with two attached hydrogens (primary N) is 2. The molecule has 0 spiro atoms. The lowest BCUT2D eigenvalue weighted by atomic mass is 9.66. The number of hydrogen-bond acceptors (Lipinski definition) is 2. The molecule has 0 aliphatic heterocycles. The highest BCUT2D eigenvalue weighted by Gasteiger charge is 2.43. The second-order valence-corrected chi connectivity index (χ2v) is 5.17. The molecule has 0 aromatic rings. The van der Waals surface area contributed by atoms with Crippen molar-refractivity contribution in [2.45, 2.75) is 52.6 Å². The van der Waals surface area contributed by atoms with Crippen molar-refractivity contribution in [3.8, 4) is 0 Å². The molecule has 0 aromatic carbocycles. The average molecular weight is 158 g/mol. The summed E-state index contributed by atoms with van der Waals surface area (Å²) in [5.74, 6) is 0. The van der Waals surface area contributed by atoms with E-state index in [0.29, 0.717) is 0 Å². The summed E-state index contributed by atoms with van der Waals surface area (Å²) in [4.78, 5) is 0. The molecule has 0 aliphatic rings. The molecular formula is C9H22N2. The van der Waals surface area contributed by atoms with Gasteiger partial charge in [-0.1, -0.05) is 20.8 Å². The fourth-order valence-electron chi connectivity index (χ4n) is 0.967. The largest absolute Gasteiger partial charge is 0.324 e. The lowest BCUT2D eigenvalue weighted by Gasteiger charge is -2.48. The second kappa shape index (κ2) is 2.46. The maximum absolute atomic E-state index is 6.15. The molecule has 1 atom stereocenters. The number of rotatable bonds is 1. The molecule has 0 fully saturated rings. The Morgan fingerprint density at radius 2 is 1.00 bits per heavy atom. The molecule has 68 valence electrons. The molecular weight excluding hydrogens is 136 g/mol.